The van der Waals surface area contributed by atoms with Gasteiger partial charge >= 0.3 is 0 Å². The van der Waals surface area contributed by atoms with E-state index in [-0.39, 0.29) is 5.91 Å². The smallest absolute Gasteiger partial charge is 0.235 e. The van der Waals surface area contributed by atoms with Crippen molar-refractivity contribution in [1.29, 1.82) is 0 Å². The van der Waals surface area contributed by atoms with Gasteiger partial charge in [-0.05, 0) is 39.5 Å². The Morgan fingerprint density at radius 1 is 1.21 bits per heavy atom. The number of likely N-dealkylation sites (tertiary alicyclic amines) is 2. The van der Waals surface area contributed by atoms with Crippen LogP contribution in [0.1, 0.15) is 39.5 Å². The van der Waals surface area contributed by atoms with Crippen LogP contribution in [0.4, 0.5) is 0 Å². The van der Waals surface area contributed by atoms with E-state index < -0.39 is 11.8 Å². The Hall–Kier alpha value is -1.10. The summed E-state index contributed by atoms with van der Waals surface area (Å²) >= 11 is 0. The van der Waals surface area contributed by atoms with Crippen molar-refractivity contribution in [3.63, 3.8) is 0 Å². The SMILES string of the molecule is CC(C)N1CCC(N2CCCC(C(N)=O)C2=O)CC1. The van der Waals surface area contributed by atoms with Crippen molar-refractivity contribution in [3.05, 3.63) is 0 Å². The average Bonchev–Trinajstić information content (AvgIpc) is 2.38. The van der Waals surface area contributed by atoms with Crippen molar-refractivity contribution in [1.82, 2.24) is 9.80 Å². The highest BCUT2D eigenvalue weighted by atomic mass is 16.2. The van der Waals surface area contributed by atoms with Gasteiger partial charge in [0.15, 0.2) is 0 Å². The van der Waals surface area contributed by atoms with E-state index in [1.807, 2.05) is 4.90 Å². The first-order chi connectivity index (χ1) is 9.00. The van der Waals surface area contributed by atoms with E-state index in [0.29, 0.717) is 18.5 Å². The fourth-order valence-corrected chi connectivity index (χ4v) is 3.24. The monoisotopic (exact) mass is 267 g/mol. The van der Waals surface area contributed by atoms with Crippen LogP contribution >= 0.6 is 0 Å². The van der Waals surface area contributed by atoms with Crippen LogP contribution in [0.15, 0.2) is 0 Å². The second kappa shape index (κ2) is 5.90. The molecule has 19 heavy (non-hydrogen) atoms. The number of carbonyl (C=O) groups excluding carboxylic acids is 2. The second-order valence-corrected chi connectivity index (χ2v) is 5.99. The van der Waals surface area contributed by atoms with Crippen LogP contribution in [0, 0.1) is 5.92 Å². The van der Waals surface area contributed by atoms with Gasteiger partial charge in [-0.2, -0.15) is 0 Å². The summed E-state index contributed by atoms with van der Waals surface area (Å²) in [7, 11) is 0. The molecule has 2 fully saturated rings. The molecule has 1 unspecified atom stereocenters. The predicted octanol–water partition coefficient (Wildman–Crippen LogP) is 0.583. The van der Waals surface area contributed by atoms with Crippen LogP contribution in [0.3, 0.4) is 0 Å². The summed E-state index contributed by atoms with van der Waals surface area (Å²) in [6.07, 6.45) is 3.53. The molecule has 2 N–H and O–H groups in total. The molecule has 2 rings (SSSR count). The average molecular weight is 267 g/mol. The van der Waals surface area contributed by atoms with Gasteiger partial charge in [-0.3, -0.25) is 9.59 Å². The molecule has 108 valence electrons. The van der Waals surface area contributed by atoms with Gasteiger partial charge in [-0.15, -0.1) is 0 Å². The van der Waals surface area contributed by atoms with Crippen molar-refractivity contribution in [2.45, 2.75) is 51.6 Å². The third-order valence-corrected chi connectivity index (χ3v) is 4.49. The Balaban J connectivity index is 1.95. The largest absolute Gasteiger partial charge is 0.369 e. The van der Waals surface area contributed by atoms with Crippen molar-refractivity contribution in [2.24, 2.45) is 11.7 Å². The van der Waals surface area contributed by atoms with Gasteiger partial charge in [0.05, 0.1) is 0 Å². The molecule has 0 saturated carbocycles. The number of rotatable bonds is 3. The van der Waals surface area contributed by atoms with E-state index in [9.17, 15) is 9.59 Å². The second-order valence-electron chi connectivity index (χ2n) is 5.99. The summed E-state index contributed by atoms with van der Waals surface area (Å²) in [6, 6.07) is 0.862. The zero-order valence-corrected chi connectivity index (χ0v) is 12.0. The van der Waals surface area contributed by atoms with E-state index in [2.05, 4.69) is 18.7 Å². The summed E-state index contributed by atoms with van der Waals surface area (Å²) in [5.74, 6) is -1.09. The highest BCUT2D eigenvalue weighted by molar-refractivity contribution is 6.00. The van der Waals surface area contributed by atoms with Crippen LogP contribution in [-0.2, 0) is 9.59 Å². The van der Waals surface area contributed by atoms with Crippen LogP contribution < -0.4 is 5.73 Å². The highest BCUT2D eigenvalue weighted by Crippen LogP contribution is 2.25. The number of hydrogen-bond acceptors (Lipinski definition) is 3. The topological polar surface area (TPSA) is 66.6 Å². The Bertz CT molecular complexity index is 349. The van der Waals surface area contributed by atoms with Gasteiger partial charge in [0.25, 0.3) is 0 Å². The summed E-state index contributed by atoms with van der Waals surface area (Å²) in [5, 5.41) is 0. The van der Waals surface area contributed by atoms with Crippen molar-refractivity contribution in [2.75, 3.05) is 19.6 Å². The van der Waals surface area contributed by atoms with Gasteiger partial charge in [0.2, 0.25) is 11.8 Å². The maximum atomic E-state index is 12.3. The Morgan fingerprint density at radius 2 is 1.84 bits per heavy atom. The molecule has 0 aromatic rings. The van der Waals surface area contributed by atoms with Crippen molar-refractivity contribution in [3.8, 4) is 0 Å². The third-order valence-electron chi connectivity index (χ3n) is 4.49. The first-order valence-corrected chi connectivity index (χ1v) is 7.34. The highest BCUT2D eigenvalue weighted by Gasteiger charge is 2.37. The number of hydrogen-bond donors (Lipinski definition) is 1. The zero-order chi connectivity index (χ0) is 14.0. The Morgan fingerprint density at radius 3 is 2.37 bits per heavy atom. The predicted molar refractivity (Wildman–Crippen MR) is 73.4 cm³/mol. The molecule has 0 aliphatic carbocycles. The van der Waals surface area contributed by atoms with E-state index in [1.54, 1.807) is 0 Å². The van der Waals surface area contributed by atoms with E-state index in [0.717, 1.165) is 38.9 Å². The number of nitrogens with zero attached hydrogens (tertiary/aromatic N) is 2. The van der Waals surface area contributed by atoms with E-state index in [1.165, 1.54) is 0 Å². The molecule has 2 aliphatic rings. The summed E-state index contributed by atoms with van der Waals surface area (Å²) in [4.78, 5) is 27.9. The summed E-state index contributed by atoms with van der Waals surface area (Å²) < 4.78 is 0. The lowest BCUT2D eigenvalue weighted by Gasteiger charge is -2.42. The van der Waals surface area contributed by atoms with E-state index in [4.69, 9.17) is 5.73 Å². The molecule has 0 bridgehead atoms. The number of piperidine rings is 2. The molecule has 0 aromatic heterocycles. The molecule has 2 saturated heterocycles. The fraction of sp³-hybridized carbons (Fsp3) is 0.857. The number of primary amides is 1. The molecule has 1 atom stereocenters. The molecular weight excluding hydrogens is 242 g/mol. The molecule has 2 amide bonds. The first kappa shape index (κ1) is 14.3. The zero-order valence-electron chi connectivity index (χ0n) is 12.0. The lowest BCUT2D eigenvalue weighted by Crippen LogP contribution is -2.54. The molecule has 0 radical (unpaired) electrons. The molecule has 2 heterocycles. The van der Waals surface area contributed by atoms with Crippen molar-refractivity contribution < 1.29 is 9.59 Å². The standard InChI is InChI=1S/C14H25N3O2/c1-10(2)16-8-5-11(6-9-16)17-7-3-4-12(13(15)18)14(17)19/h10-12H,3-9H2,1-2H3,(H2,15,18). The minimum atomic E-state index is -0.586. The Labute approximate surface area is 115 Å². The lowest BCUT2D eigenvalue weighted by molar-refractivity contribution is -0.147. The molecule has 0 spiro atoms. The van der Waals surface area contributed by atoms with Gasteiger partial charge in [0.1, 0.15) is 5.92 Å². The van der Waals surface area contributed by atoms with Gasteiger partial charge < -0.3 is 15.5 Å². The van der Waals surface area contributed by atoms with Gasteiger partial charge in [-0.25, -0.2) is 0 Å². The number of nitrogens with two attached hydrogens (primary N) is 1. The summed E-state index contributed by atoms with van der Waals surface area (Å²) in [5.41, 5.74) is 5.32. The third kappa shape index (κ3) is 3.08. The van der Waals surface area contributed by atoms with Crippen LogP contribution in [-0.4, -0.2) is 53.3 Å². The van der Waals surface area contributed by atoms with Crippen molar-refractivity contribution >= 4 is 11.8 Å². The number of carbonyl (C=O) groups is 2. The first-order valence-electron chi connectivity index (χ1n) is 7.34. The van der Waals surface area contributed by atoms with Crippen LogP contribution in [0.5, 0.6) is 0 Å². The fourth-order valence-electron chi connectivity index (χ4n) is 3.24. The van der Waals surface area contributed by atoms with Crippen LogP contribution in [0.2, 0.25) is 0 Å². The Kier molecular flexibility index (Phi) is 4.45. The minimum absolute atomic E-state index is 0.0400. The quantitative estimate of drug-likeness (QED) is 0.761. The lowest BCUT2D eigenvalue weighted by atomic mass is 9.92. The maximum Gasteiger partial charge on any atom is 0.235 e. The summed E-state index contributed by atoms with van der Waals surface area (Å²) in [6.45, 7) is 7.26. The minimum Gasteiger partial charge on any atom is -0.369 e. The normalized spacial score (nSPS) is 27.0. The maximum absolute atomic E-state index is 12.3. The van der Waals surface area contributed by atoms with E-state index >= 15 is 0 Å². The molecular formula is C14H25N3O2. The number of amides is 2. The molecule has 0 aromatic carbocycles. The van der Waals surface area contributed by atoms with Gasteiger partial charge in [0, 0.05) is 31.7 Å². The molecule has 2 aliphatic heterocycles. The van der Waals surface area contributed by atoms with Crippen LogP contribution in [0.25, 0.3) is 0 Å². The molecule has 5 nitrogen and oxygen atoms in total. The van der Waals surface area contributed by atoms with Gasteiger partial charge in [-0.1, -0.05) is 0 Å². The molecule has 5 heteroatoms.